The molecule has 1 aromatic carbocycles. The molecule has 2 aromatic heterocycles. The molecule has 3 heterocycles. The number of likely N-dealkylation sites (tertiary alicyclic amines) is 1. The number of piperidine rings is 1. The van der Waals surface area contributed by atoms with Crippen LogP contribution in [-0.2, 0) is 4.79 Å². The topological polar surface area (TPSA) is 77.0 Å². The van der Waals surface area contributed by atoms with E-state index in [1.807, 2.05) is 47.5 Å². The first-order chi connectivity index (χ1) is 12.2. The average Bonchev–Trinajstić information content (AvgIpc) is 3.32. The van der Waals surface area contributed by atoms with E-state index in [2.05, 4.69) is 15.2 Å². The summed E-state index contributed by atoms with van der Waals surface area (Å²) in [5, 5.41) is 8.63. The van der Waals surface area contributed by atoms with Crippen LogP contribution in [0, 0.1) is 0 Å². The van der Waals surface area contributed by atoms with Crippen molar-refractivity contribution in [2.75, 3.05) is 13.1 Å². The molecule has 1 saturated heterocycles. The van der Waals surface area contributed by atoms with E-state index < -0.39 is 0 Å². The molecule has 1 aliphatic heterocycles. The third-order valence-electron chi connectivity index (χ3n) is 4.50. The molecule has 0 aliphatic carbocycles. The van der Waals surface area contributed by atoms with Gasteiger partial charge in [-0.15, -0.1) is 0 Å². The van der Waals surface area contributed by atoms with Gasteiger partial charge in [-0.3, -0.25) is 4.79 Å². The van der Waals surface area contributed by atoms with Crippen LogP contribution in [0.4, 0.5) is 0 Å². The molecule has 25 heavy (non-hydrogen) atoms. The Bertz CT molecular complexity index is 870. The number of rotatable bonds is 3. The summed E-state index contributed by atoms with van der Waals surface area (Å²) in [6.07, 6.45) is 3.78. The maximum atomic E-state index is 11.6. The highest BCUT2D eigenvalue weighted by Gasteiger charge is 2.27. The van der Waals surface area contributed by atoms with Crippen LogP contribution in [0.2, 0.25) is 0 Å². The summed E-state index contributed by atoms with van der Waals surface area (Å²) in [6.45, 7) is 3.05. The SMILES string of the molecule is CC(=O)N1CCCC(c2noc(-c3ccn(-c4ccccc4)n3)n2)C1. The highest BCUT2D eigenvalue weighted by atomic mass is 16.5. The molecule has 1 fully saturated rings. The minimum Gasteiger partial charge on any atom is -0.342 e. The molecular formula is C18H19N5O2. The van der Waals surface area contributed by atoms with Crippen molar-refractivity contribution in [3.63, 3.8) is 0 Å². The number of para-hydroxylation sites is 1. The largest absolute Gasteiger partial charge is 0.342 e. The van der Waals surface area contributed by atoms with E-state index in [1.165, 1.54) is 0 Å². The first-order valence-corrected chi connectivity index (χ1v) is 8.41. The number of nitrogens with zero attached hydrogens (tertiary/aromatic N) is 5. The second-order valence-electron chi connectivity index (χ2n) is 6.24. The molecule has 0 N–H and O–H groups in total. The van der Waals surface area contributed by atoms with Crippen LogP contribution in [0.1, 0.15) is 31.5 Å². The van der Waals surface area contributed by atoms with Crippen molar-refractivity contribution in [1.29, 1.82) is 0 Å². The second kappa shape index (κ2) is 6.51. The van der Waals surface area contributed by atoms with Gasteiger partial charge in [-0.05, 0) is 31.0 Å². The average molecular weight is 337 g/mol. The molecule has 4 rings (SSSR count). The van der Waals surface area contributed by atoms with Crippen LogP contribution in [0.3, 0.4) is 0 Å². The van der Waals surface area contributed by atoms with E-state index in [0.717, 1.165) is 25.1 Å². The lowest BCUT2D eigenvalue weighted by Gasteiger charge is -2.30. The molecule has 1 unspecified atom stereocenters. The molecule has 1 amide bonds. The van der Waals surface area contributed by atoms with Gasteiger partial charge >= 0.3 is 0 Å². The van der Waals surface area contributed by atoms with Crippen LogP contribution in [-0.4, -0.2) is 43.8 Å². The van der Waals surface area contributed by atoms with E-state index in [-0.39, 0.29) is 11.8 Å². The van der Waals surface area contributed by atoms with Gasteiger partial charge in [0.1, 0.15) is 0 Å². The Hall–Kier alpha value is -2.96. The number of hydrogen-bond donors (Lipinski definition) is 0. The first kappa shape index (κ1) is 15.6. The Morgan fingerprint density at radius 3 is 2.88 bits per heavy atom. The van der Waals surface area contributed by atoms with Crippen molar-refractivity contribution in [3.8, 4) is 17.3 Å². The highest BCUT2D eigenvalue weighted by Crippen LogP contribution is 2.27. The molecular weight excluding hydrogens is 318 g/mol. The third kappa shape index (κ3) is 3.17. The monoisotopic (exact) mass is 337 g/mol. The number of benzene rings is 1. The molecule has 1 atom stereocenters. The maximum Gasteiger partial charge on any atom is 0.278 e. The summed E-state index contributed by atoms with van der Waals surface area (Å²) in [7, 11) is 0. The maximum absolute atomic E-state index is 11.6. The standard InChI is InChI=1S/C18H19N5O2/c1-13(24)22-10-5-6-14(12-22)17-19-18(25-21-17)16-9-11-23(20-16)15-7-3-2-4-8-15/h2-4,7-9,11,14H,5-6,10,12H2,1H3. The van der Waals surface area contributed by atoms with Gasteiger partial charge < -0.3 is 9.42 Å². The number of amides is 1. The molecule has 7 heteroatoms. The van der Waals surface area contributed by atoms with Gasteiger partial charge in [-0.2, -0.15) is 10.1 Å². The van der Waals surface area contributed by atoms with Crippen molar-refractivity contribution < 1.29 is 9.32 Å². The summed E-state index contributed by atoms with van der Waals surface area (Å²) < 4.78 is 7.18. The molecule has 128 valence electrons. The summed E-state index contributed by atoms with van der Waals surface area (Å²) in [4.78, 5) is 17.9. The number of carbonyl (C=O) groups excluding carboxylic acids is 1. The minimum atomic E-state index is 0.0926. The molecule has 3 aromatic rings. The molecule has 0 radical (unpaired) electrons. The Kier molecular flexibility index (Phi) is 4.05. The quantitative estimate of drug-likeness (QED) is 0.734. The zero-order chi connectivity index (χ0) is 17.2. The van der Waals surface area contributed by atoms with E-state index in [1.54, 1.807) is 11.6 Å². The van der Waals surface area contributed by atoms with Gasteiger partial charge in [0.15, 0.2) is 11.5 Å². The Labute approximate surface area is 145 Å². The number of carbonyl (C=O) groups is 1. The minimum absolute atomic E-state index is 0.0926. The van der Waals surface area contributed by atoms with Crippen molar-refractivity contribution >= 4 is 5.91 Å². The van der Waals surface area contributed by atoms with Crippen molar-refractivity contribution in [2.45, 2.75) is 25.7 Å². The molecule has 0 bridgehead atoms. The van der Waals surface area contributed by atoms with Crippen molar-refractivity contribution in [1.82, 2.24) is 24.8 Å². The predicted molar refractivity (Wildman–Crippen MR) is 91.1 cm³/mol. The first-order valence-electron chi connectivity index (χ1n) is 8.41. The Morgan fingerprint density at radius 1 is 1.24 bits per heavy atom. The van der Waals surface area contributed by atoms with Crippen LogP contribution in [0.15, 0.2) is 47.1 Å². The van der Waals surface area contributed by atoms with Gasteiger partial charge in [0.25, 0.3) is 5.89 Å². The Balaban J connectivity index is 1.54. The molecule has 0 saturated carbocycles. The van der Waals surface area contributed by atoms with E-state index in [0.29, 0.717) is 24.0 Å². The lowest BCUT2D eigenvalue weighted by Crippen LogP contribution is -2.37. The van der Waals surface area contributed by atoms with Gasteiger partial charge in [0.05, 0.1) is 5.69 Å². The normalized spacial score (nSPS) is 17.6. The predicted octanol–water partition coefficient (Wildman–Crippen LogP) is 2.65. The third-order valence-corrected chi connectivity index (χ3v) is 4.50. The lowest BCUT2D eigenvalue weighted by molar-refractivity contribution is -0.130. The molecule has 1 aliphatic rings. The van der Waals surface area contributed by atoms with Crippen molar-refractivity contribution in [3.05, 3.63) is 48.4 Å². The molecule has 7 nitrogen and oxygen atoms in total. The zero-order valence-corrected chi connectivity index (χ0v) is 14.0. The van der Waals surface area contributed by atoms with Crippen LogP contribution < -0.4 is 0 Å². The van der Waals surface area contributed by atoms with E-state index in [4.69, 9.17) is 4.52 Å². The summed E-state index contributed by atoms with van der Waals surface area (Å²) in [5.41, 5.74) is 1.61. The second-order valence-corrected chi connectivity index (χ2v) is 6.24. The smallest absolute Gasteiger partial charge is 0.278 e. The lowest BCUT2D eigenvalue weighted by atomic mass is 9.97. The fourth-order valence-electron chi connectivity index (χ4n) is 3.14. The van der Waals surface area contributed by atoms with Gasteiger partial charge in [0, 0.05) is 32.1 Å². The van der Waals surface area contributed by atoms with Gasteiger partial charge in [-0.1, -0.05) is 23.4 Å². The summed E-state index contributed by atoms with van der Waals surface area (Å²) >= 11 is 0. The van der Waals surface area contributed by atoms with Crippen molar-refractivity contribution in [2.24, 2.45) is 0 Å². The van der Waals surface area contributed by atoms with E-state index in [9.17, 15) is 4.79 Å². The summed E-state index contributed by atoms with van der Waals surface area (Å²) in [5.74, 6) is 1.27. The summed E-state index contributed by atoms with van der Waals surface area (Å²) in [6, 6.07) is 11.7. The van der Waals surface area contributed by atoms with E-state index >= 15 is 0 Å². The number of hydrogen-bond acceptors (Lipinski definition) is 5. The van der Waals surface area contributed by atoms with Crippen LogP contribution in [0.5, 0.6) is 0 Å². The zero-order valence-electron chi connectivity index (χ0n) is 14.0. The number of aromatic nitrogens is 4. The molecule has 0 spiro atoms. The van der Waals surface area contributed by atoms with Crippen LogP contribution in [0.25, 0.3) is 17.3 Å². The van der Waals surface area contributed by atoms with Gasteiger partial charge in [-0.25, -0.2) is 4.68 Å². The van der Waals surface area contributed by atoms with Gasteiger partial charge in [0.2, 0.25) is 5.91 Å². The van der Waals surface area contributed by atoms with Crippen LogP contribution >= 0.6 is 0 Å². The highest BCUT2D eigenvalue weighted by molar-refractivity contribution is 5.73. The fourth-order valence-corrected chi connectivity index (χ4v) is 3.14. The fraction of sp³-hybridized carbons (Fsp3) is 0.333. The Morgan fingerprint density at radius 2 is 2.08 bits per heavy atom.